The third-order valence-electron chi connectivity index (χ3n) is 7.67. The molecule has 0 aliphatic carbocycles. The van der Waals surface area contributed by atoms with E-state index in [1.165, 1.54) is 6.07 Å². The van der Waals surface area contributed by atoms with Gasteiger partial charge in [-0.1, -0.05) is 0 Å². The third kappa shape index (κ3) is 5.86. The Labute approximate surface area is 257 Å². The van der Waals surface area contributed by atoms with E-state index in [1.807, 2.05) is 0 Å². The number of rotatable bonds is 8. The van der Waals surface area contributed by atoms with Crippen LogP contribution in [-0.4, -0.2) is 138 Å². The molecule has 3 heterocycles. The van der Waals surface area contributed by atoms with E-state index in [9.17, 15) is 61.0 Å². The van der Waals surface area contributed by atoms with Crippen LogP contribution in [0.2, 0.25) is 0 Å². The first-order valence-corrected chi connectivity index (χ1v) is 13.7. The number of aliphatic hydroxyl groups excluding tert-OH is 7. The molecule has 2 aliphatic heterocycles. The summed E-state index contributed by atoms with van der Waals surface area (Å²) in [5, 5.41) is 112. The third-order valence-corrected chi connectivity index (χ3v) is 7.67. The summed E-state index contributed by atoms with van der Waals surface area (Å²) in [5.41, 5.74) is -1.56. The van der Waals surface area contributed by atoms with Crippen LogP contribution in [0.5, 0.6) is 34.5 Å². The average molecular weight is 657 g/mol. The van der Waals surface area contributed by atoms with E-state index >= 15 is 0 Å². The lowest BCUT2D eigenvalue weighted by Crippen LogP contribution is -2.62. The summed E-state index contributed by atoms with van der Waals surface area (Å²) in [7, 11) is 1.11. The van der Waals surface area contributed by atoms with Crippen molar-refractivity contribution in [3.63, 3.8) is 0 Å². The minimum atomic E-state index is -2.03. The Kier molecular flexibility index (Phi) is 9.47. The average Bonchev–Trinajstić information content (AvgIpc) is 3.02. The van der Waals surface area contributed by atoms with E-state index in [0.717, 1.165) is 25.3 Å². The Morgan fingerprint density at radius 3 is 2.00 bits per heavy atom. The van der Waals surface area contributed by atoms with Gasteiger partial charge in [0.2, 0.25) is 23.2 Å². The Bertz CT molecular complexity index is 1620. The SMILES string of the molecule is COc1c(O)cc2oc(-c3ccc(O)c(O)c3)c(O[C@H]3OC(CO[C@@H]4OC(CO)[C@@H](O)[C@H](O)C4O)[C@@H](O)C(O)C3O)c(=O)c2c1O. The fraction of sp³-hybridized carbons (Fsp3) is 0.464. The Morgan fingerprint density at radius 1 is 0.739 bits per heavy atom. The molecule has 252 valence electrons. The molecule has 10 atom stereocenters. The Balaban J connectivity index is 1.50. The molecule has 0 spiro atoms. The number of hydrogen-bond donors (Lipinski definition) is 11. The van der Waals surface area contributed by atoms with Crippen LogP contribution in [0.3, 0.4) is 0 Å². The first kappa shape index (κ1) is 33.4. The quantitative estimate of drug-likeness (QED) is 0.110. The van der Waals surface area contributed by atoms with Crippen molar-refractivity contribution in [2.24, 2.45) is 0 Å². The predicted molar refractivity (Wildman–Crippen MR) is 148 cm³/mol. The van der Waals surface area contributed by atoms with Crippen molar-refractivity contribution in [3.05, 3.63) is 34.5 Å². The highest BCUT2D eigenvalue weighted by Gasteiger charge is 2.48. The molecule has 18 nitrogen and oxygen atoms in total. The molecule has 46 heavy (non-hydrogen) atoms. The molecule has 0 amide bonds. The highest BCUT2D eigenvalue weighted by atomic mass is 16.7. The zero-order chi connectivity index (χ0) is 33.6. The van der Waals surface area contributed by atoms with Crippen molar-refractivity contribution in [1.29, 1.82) is 0 Å². The predicted octanol–water partition coefficient (Wildman–Crippen LogP) is -2.71. The number of phenols is 4. The van der Waals surface area contributed by atoms with E-state index in [4.69, 9.17) is 28.1 Å². The van der Waals surface area contributed by atoms with Gasteiger partial charge < -0.3 is 84.3 Å². The number of benzene rings is 2. The minimum absolute atomic E-state index is 0.0764. The summed E-state index contributed by atoms with van der Waals surface area (Å²) in [4.78, 5) is 13.8. The van der Waals surface area contributed by atoms with Crippen LogP contribution in [0, 0.1) is 0 Å². The summed E-state index contributed by atoms with van der Waals surface area (Å²) in [6.07, 6.45) is -17.6. The molecule has 3 aromatic rings. The van der Waals surface area contributed by atoms with Crippen molar-refractivity contribution in [2.45, 2.75) is 61.4 Å². The highest BCUT2D eigenvalue weighted by molar-refractivity contribution is 5.91. The topological polar surface area (TPSA) is 299 Å². The summed E-state index contributed by atoms with van der Waals surface area (Å²) >= 11 is 0. The maximum atomic E-state index is 13.8. The van der Waals surface area contributed by atoms with Crippen LogP contribution in [0.15, 0.2) is 33.5 Å². The van der Waals surface area contributed by atoms with Crippen molar-refractivity contribution in [2.75, 3.05) is 20.3 Å². The minimum Gasteiger partial charge on any atom is -0.504 e. The van der Waals surface area contributed by atoms with Crippen LogP contribution < -0.4 is 14.9 Å². The summed E-state index contributed by atoms with van der Waals surface area (Å²) < 4.78 is 32.7. The van der Waals surface area contributed by atoms with E-state index < -0.39 is 126 Å². The molecule has 0 bridgehead atoms. The highest BCUT2D eigenvalue weighted by Crippen LogP contribution is 2.44. The van der Waals surface area contributed by atoms with Crippen LogP contribution in [0.4, 0.5) is 0 Å². The molecule has 5 unspecified atom stereocenters. The molecule has 2 aliphatic rings. The maximum Gasteiger partial charge on any atom is 0.239 e. The molecule has 0 radical (unpaired) electrons. The zero-order valence-electron chi connectivity index (χ0n) is 23.8. The second-order valence-electron chi connectivity index (χ2n) is 10.6. The van der Waals surface area contributed by atoms with Gasteiger partial charge in [0.05, 0.1) is 20.3 Å². The number of fused-ring (bicyclic) bond motifs is 1. The van der Waals surface area contributed by atoms with Gasteiger partial charge in [0, 0.05) is 11.6 Å². The first-order valence-electron chi connectivity index (χ1n) is 13.7. The van der Waals surface area contributed by atoms with Crippen LogP contribution in [0.25, 0.3) is 22.3 Å². The molecule has 2 saturated heterocycles. The molecule has 18 heteroatoms. The van der Waals surface area contributed by atoms with Crippen molar-refractivity contribution < 1.29 is 84.3 Å². The van der Waals surface area contributed by atoms with E-state index in [1.54, 1.807) is 0 Å². The maximum absolute atomic E-state index is 13.8. The van der Waals surface area contributed by atoms with Crippen LogP contribution >= 0.6 is 0 Å². The molecule has 2 aromatic carbocycles. The molecule has 11 N–H and O–H groups in total. The second-order valence-corrected chi connectivity index (χ2v) is 10.6. The molecular formula is C28H32O18. The van der Waals surface area contributed by atoms with E-state index in [2.05, 4.69) is 0 Å². The monoisotopic (exact) mass is 656 g/mol. The number of aromatic hydroxyl groups is 4. The molecule has 1 aromatic heterocycles. The second kappa shape index (κ2) is 13.0. The lowest BCUT2D eigenvalue weighted by atomic mass is 9.98. The standard InChI is InChI=1S/C28H32O18/c1-41-25-11(32)5-12-15(18(25)35)19(36)26(24(43-12)8-2-3-9(30)10(31)4-8)46-28-23(40)21(38)17(34)14(45-28)7-42-27-22(39)20(37)16(33)13(6-29)44-27/h2-5,13-14,16-17,20-23,27-35,37-40H,6-7H2,1H3/t13?,14?,16-,17-,20+,21?,22?,23?,27-,28-/m1/s1. The Morgan fingerprint density at radius 2 is 1.37 bits per heavy atom. The van der Waals surface area contributed by atoms with Gasteiger partial charge in [0.1, 0.15) is 59.8 Å². The van der Waals surface area contributed by atoms with Gasteiger partial charge in [0.25, 0.3) is 0 Å². The van der Waals surface area contributed by atoms with Gasteiger partial charge in [-0.2, -0.15) is 0 Å². The lowest BCUT2D eigenvalue weighted by Gasteiger charge is -2.42. The first-order chi connectivity index (χ1) is 21.8. The van der Waals surface area contributed by atoms with Crippen molar-refractivity contribution in [3.8, 4) is 45.8 Å². The molecule has 2 fully saturated rings. The summed E-state index contributed by atoms with van der Waals surface area (Å²) in [6.45, 7) is -1.44. The van der Waals surface area contributed by atoms with Gasteiger partial charge in [0.15, 0.2) is 35.0 Å². The van der Waals surface area contributed by atoms with Gasteiger partial charge >= 0.3 is 0 Å². The van der Waals surface area contributed by atoms with E-state index in [0.29, 0.717) is 0 Å². The van der Waals surface area contributed by atoms with Crippen molar-refractivity contribution in [1.82, 2.24) is 0 Å². The largest absolute Gasteiger partial charge is 0.504 e. The number of aliphatic hydroxyl groups is 7. The lowest BCUT2D eigenvalue weighted by molar-refractivity contribution is -0.323. The van der Waals surface area contributed by atoms with Crippen LogP contribution in [-0.2, 0) is 14.2 Å². The smallest absolute Gasteiger partial charge is 0.239 e. The molecular weight excluding hydrogens is 624 g/mol. The van der Waals surface area contributed by atoms with Crippen LogP contribution in [0.1, 0.15) is 0 Å². The number of hydrogen-bond acceptors (Lipinski definition) is 18. The number of ether oxygens (including phenoxy) is 5. The molecule has 0 saturated carbocycles. The van der Waals surface area contributed by atoms with Gasteiger partial charge in [-0.15, -0.1) is 0 Å². The number of phenolic OH excluding ortho intramolecular Hbond substituents is 4. The van der Waals surface area contributed by atoms with Gasteiger partial charge in [-0.05, 0) is 18.2 Å². The summed E-state index contributed by atoms with van der Waals surface area (Å²) in [5.74, 6) is -4.32. The van der Waals surface area contributed by atoms with E-state index in [-0.39, 0.29) is 11.1 Å². The van der Waals surface area contributed by atoms with Gasteiger partial charge in [-0.3, -0.25) is 4.79 Å². The zero-order valence-corrected chi connectivity index (χ0v) is 23.8. The molecule has 5 rings (SSSR count). The normalized spacial score (nSPS) is 31.6. The summed E-state index contributed by atoms with van der Waals surface area (Å²) in [6, 6.07) is 4.22. The fourth-order valence-corrected chi connectivity index (χ4v) is 5.11. The number of methoxy groups -OCH3 is 1. The van der Waals surface area contributed by atoms with Gasteiger partial charge in [-0.25, -0.2) is 0 Å². The van der Waals surface area contributed by atoms with Crippen molar-refractivity contribution >= 4 is 11.0 Å². The Hall–Kier alpha value is -3.95. The fourth-order valence-electron chi connectivity index (χ4n) is 5.11.